The zero-order valence-electron chi connectivity index (χ0n) is 24.5. The second-order valence-electron chi connectivity index (χ2n) is 10.1. The Labute approximate surface area is 293 Å². The van der Waals surface area contributed by atoms with E-state index in [0.717, 1.165) is 17.1 Å². The summed E-state index contributed by atoms with van der Waals surface area (Å²) in [5.41, 5.74) is 3.16. The van der Waals surface area contributed by atoms with Crippen LogP contribution in [0.5, 0.6) is 0 Å². The number of fused-ring (bicyclic) bond motifs is 3. The quantitative estimate of drug-likeness (QED) is 0.178. The predicted molar refractivity (Wildman–Crippen MR) is 195 cm³/mol. The van der Waals surface area contributed by atoms with Crippen molar-refractivity contribution in [2.24, 2.45) is 0 Å². The van der Waals surface area contributed by atoms with Crippen molar-refractivity contribution in [1.82, 2.24) is 15.0 Å². The van der Waals surface area contributed by atoms with Gasteiger partial charge < -0.3 is 0 Å². The standard InChI is InChI=1S/3C13H9NS.Ir/c3*1-2-7-12-10(5-1)9-13(15-12)11-6-3-4-8-14-11;/h3*1-9H;. The monoisotopic (exact) mass is 826 g/mol. The van der Waals surface area contributed by atoms with E-state index in [-0.39, 0.29) is 20.1 Å². The van der Waals surface area contributed by atoms with Gasteiger partial charge in [0.1, 0.15) is 0 Å². The van der Waals surface area contributed by atoms with Crippen LogP contribution in [-0.4, -0.2) is 15.0 Å². The van der Waals surface area contributed by atoms with E-state index in [4.69, 9.17) is 0 Å². The van der Waals surface area contributed by atoms with Crippen molar-refractivity contribution in [3.63, 3.8) is 0 Å². The molecule has 225 valence electrons. The van der Waals surface area contributed by atoms with E-state index < -0.39 is 0 Å². The van der Waals surface area contributed by atoms with Crippen LogP contribution in [0.1, 0.15) is 0 Å². The molecule has 0 N–H and O–H groups in total. The molecule has 0 saturated heterocycles. The molecule has 6 aromatic heterocycles. The topological polar surface area (TPSA) is 38.7 Å². The number of hydrogen-bond acceptors (Lipinski definition) is 6. The second kappa shape index (κ2) is 15.3. The number of benzene rings is 3. The predicted octanol–water partition coefficient (Wildman–Crippen LogP) is 11.9. The molecule has 1 radical (unpaired) electrons. The second-order valence-corrected chi connectivity index (χ2v) is 13.3. The van der Waals surface area contributed by atoms with E-state index in [2.05, 4.69) is 106 Å². The van der Waals surface area contributed by atoms with E-state index >= 15 is 0 Å². The van der Waals surface area contributed by atoms with Crippen LogP contribution in [0.4, 0.5) is 0 Å². The van der Waals surface area contributed by atoms with Crippen LogP contribution in [0.15, 0.2) is 164 Å². The molecule has 9 aromatic rings. The van der Waals surface area contributed by atoms with Gasteiger partial charge in [-0.15, -0.1) is 34.0 Å². The first kappa shape index (κ1) is 31.6. The minimum atomic E-state index is 0. The maximum absolute atomic E-state index is 4.35. The van der Waals surface area contributed by atoms with Crippen molar-refractivity contribution in [3.05, 3.63) is 164 Å². The van der Waals surface area contributed by atoms with Gasteiger partial charge in [-0.05, 0) is 89.0 Å². The van der Waals surface area contributed by atoms with Gasteiger partial charge in [0.2, 0.25) is 0 Å². The van der Waals surface area contributed by atoms with Gasteiger partial charge in [-0.1, -0.05) is 72.8 Å². The zero-order chi connectivity index (χ0) is 30.3. The summed E-state index contributed by atoms with van der Waals surface area (Å²) in [7, 11) is 0. The Morgan fingerprint density at radius 3 is 0.870 bits per heavy atom. The van der Waals surface area contributed by atoms with Crippen molar-refractivity contribution >= 4 is 64.3 Å². The molecule has 9 rings (SSSR count). The van der Waals surface area contributed by atoms with Crippen molar-refractivity contribution in [2.75, 3.05) is 0 Å². The van der Waals surface area contributed by atoms with Gasteiger partial charge in [-0.25, -0.2) is 0 Å². The van der Waals surface area contributed by atoms with Crippen LogP contribution in [0.3, 0.4) is 0 Å². The first-order valence-corrected chi connectivity index (χ1v) is 16.9. The van der Waals surface area contributed by atoms with Crippen LogP contribution in [0, 0.1) is 0 Å². The van der Waals surface area contributed by atoms with Gasteiger partial charge in [-0.2, -0.15) is 0 Å². The van der Waals surface area contributed by atoms with Gasteiger partial charge in [0.25, 0.3) is 0 Å². The van der Waals surface area contributed by atoms with Gasteiger partial charge in [0.05, 0.1) is 31.7 Å². The normalized spacial score (nSPS) is 10.4. The van der Waals surface area contributed by atoms with Crippen LogP contribution < -0.4 is 0 Å². The number of pyridine rings is 3. The van der Waals surface area contributed by atoms with Crippen LogP contribution >= 0.6 is 34.0 Å². The summed E-state index contributed by atoms with van der Waals surface area (Å²) >= 11 is 5.36. The summed E-state index contributed by atoms with van der Waals surface area (Å²) in [6.45, 7) is 0. The third-order valence-corrected chi connectivity index (χ3v) is 10.4. The maximum atomic E-state index is 4.35. The Morgan fingerprint density at radius 2 is 0.609 bits per heavy atom. The third kappa shape index (κ3) is 7.53. The molecule has 6 heterocycles. The van der Waals surface area contributed by atoms with Crippen LogP contribution in [0.25, 0.3) is 62.0 Å². The first-order chi connectivity index (χ1) is 22.3. The fourth-order valence-electron chi connectivity index (χ4n) is 4.85. The molecule has 0 bridgehead atoms. The van der Waals surface area contributed by atoms with Gasteiger partial charge in [0.15, 0.2) is 0 Å². The average molecular weight is 826 g/mol. The average Bonchev–Trinajstić information content (AvgIpc) is 3.87. The van der Waals surface area contributed by atoms with Crippen LogP contribution in [0.2, 0.25) is 0 Å². The van der Waals surface area contributed by atoms with E-state index in [1.54, 1.807) is 34.0 Å². The Balaban J connectivity index is 0.000000120. The molecule has 0 aliphatic heterocycles. The molecule has 3 aromatic carbocycles. The number of aromatic nitrogens is 3. The molecular formula is C39H27IrN3S3. The van der Waals surface area contributed by atoms with Gasteiger partial charge >= 0.3 is 0 Å². The molecule has 0 amide bonds. The minimum absolute atomic E-state index is 0. The van der Waals surface area contributed by atoms with E-state index in [9.17, 15) is 0 Å². The summed E-state index contributed by atoms with van der Waals surface area (Å²) in [4.78, 5) is 16.8. The smallest absolute Gasteiger partial charge is 0.0802 e. The molecular weight excluding hydrogens is 799 g/mol. The van der Waals surface area contributed by atoms with E-state index in [1.165, 1.54) is 44.9 Å². The molecule has 0 aliphatic rings. The number of thiophene rings is 3. The SMILES string of the molecule is [Ir].c1ccc(-c2cc3ccccc3s2)nc1.c1ccc(-c2cc3ccccc3s2)nc1.c1ccc(-c2cc3ccccc3s2)nc1. The number of nitrogens with zero attached hydrogens (tertiary/aromatic N) is 3. The maximum Gasteiger partial charge on any atom is 0.0802 e. The molecule has 0 aliphatic carbocycles. The Hall–Kier alpha value is -4.36. The summed E-state index contributed by atoms with van der Waals surface area (Å²) in [6, 6.07) is 49.9. The largest absolute Gasteiger partial charge is 0.255 e. The van der Waals surface area contributed by atoms with Crippen molar-refractivity contribution in [1.29, 1.82) is 0 Å². The zero-order valence-corrected chi connectivity index (χ0v) is 29.3. The summed E-state index contributed by atoms with van der Waals surface area (Å²) in [5.74, 6) is 0. The van der Waals surface area contributed by atoms with E-state index in [0.29, 0.717) is 0 Å². The van der Waals surface area contributed by atoms with Crippen molar-refractivity contribution < 1.29 is 20.1 Å². The Morgan fingerprint density at radius 1 is 0.326 bits per heavy atom. The Bertz CT molecular complexity index is 1920. The van der Waals surface area contributed by atoms with Gasteiger partial charge in [0, 0.05) is 52.8 Å². The van der Waals surface area contributed by atoms with Crippen molar-refractivity contribution in [2.45, 2.75) is 0 Å². The van der Waals surface area contributed by atoms with Gasteiger partial charge in [-0.3, -0.25) is 15.0 Å². The summed E-state index contributed by atoms with van der Waals surface area (Å²) in [5, 5.41) is 3.88. The fraction of sp³-hybridized carbons (Fsp3) is 0. The minimum Gasteiger partial charge on any atom is -0.255 e. The Kier molecular flexibility index (Phi) is 10.5. The van der Waals surface area contributed by atoms with Crippen LogP contribution in [-0.2, 0) is 20.1 Å². The van der Waals surface area contributed by atoms with Crippen molar-refractivity contribution in [3.8, 4) is 31.7 Å². The molecule has 46 heavy (non-hydrogen) atoms. The molecule has 0 saturated carbocycles. The van der Waals surface area contributed by atoms with E-state index in [1.807, 2.05) is 73.2 Å². The number of rotatable bonds is 3. The molecule has 0 unspecified atom stereocenters. The first-order valence-electron chi connectivity index (χ1n) is 14.5. The molecule has 7 heteroatoms. The molecule has 3 nitrogen and oxygen atoms in total. The number of hydrogen-bond donors (Lipinski definition) is 0. The summed E-state index contributed by atoms with van der Waals surface area (Å²) in [6.07, 6.45) is 5.50. The third-order valence-electron chi connectivity index (χ3n) is 7.03. The molecule has 0 fully saturated rings. The summed E-state index contributed by atoms with van der Waals surface area (Å²) < 4.78 is 3.95. The fourth-order valence-corrected chi connectivity index (χ4v) is 7.97. The molecule has 0 atom stereocenters. The molecule has 0 spiro atoms.